The molecule has 3 heterocycles. The fraction of sp³-hybridized carbons (Fsp3) is 0.333. The molecule has 0 radical (unpaired) electrons. The van der Waals surface area contributed by atoms with E-state index in [9.17, 15) is 14.0 Å². The lowest BCUT2D eigenvalue weighted by atomic mass is 9.97. The molecule has 1 saturated heterocycles. The van der Waals surface area contributed by atoms with E-state index in [0.717, 1.165) is 0 Å². The molecule has 9 heteroatoms. The van der Waals surface area contributed by atoms with E-state index in [-0.39, 0.29) is 29.9 Å². The van der Waals surface area contributed by atoms with Crippen molar-refractivity contribution in [3.63, 3.8) is 0 Å². The summed E-state index contributed by atoms with van der Waals surface area (Å²) in [6.45, 7) is 4.18. The summed E-state index contributed by atoms with van der Waals surface area (Å²) in [7, 11) is 0. The molecule has 2 atom stereocenters. The first-order valence-corrected chi connectivity index (χ1v) is 9.64. The van der Waals surface area contributed by atoms with Crippen molar-refractivity contribution in [3.8, 4) is 11.3 Å². The summed E-state index contributed by atoms with van der Waals surface area (Å²) in [6, 6.07) is 6.07. The van der Waals surface area contributed by atoms with Crippen LogP contribution in [0.3, 0.4) is 0 Å². The maximum absolute atomic E-state index is 13.3. The molecule has 0 saturated carbocycles. The fourth-order valence-corrected chi connectivity index (χ4v) is 3.52. The van der Waals surface area contributed by atoms with Gasteiger partial charge in [-0.1, -0.05) is 19.0 Å². The Hall–Kier alpha value is -3.49. The molecule has 0 aliphatic carbocycles. The highest BCUT2D eigenvalue weighted by Crippen LogP contribution is 2.27. The Morgan fingerprint density at radius 3 is 2.77 bits per heavy atom. The molecule has 0 bridgehead atoms. The Morgan fingerprint density at radius 2 is 2.10 bits per heavy atom. The second-order valence-corrected chi connectivity index (χ2v) is 7.65. The Kier molecular flexibility index (Phi) is 5.35. The molecule has 8 nitrogen and oxygen atoms in total. The molecule has 1 aliphatic heterocycles. The Bertz CT molecular complexity index is 1030. The van der Waals surface area contributed by atoms with Gasteiger partial charge in [0.25, 0.3) is 5.91 Å². The minimum atomic E-state index is -0.643. The number of halogens is 1. The molecule has 0 spiro atoms. The van der Waals surface area contributed by atoms with Crippen molar-refractivity contribution in [1.29, 1.82) is 0 Å². The van der Waals surface area contributed by atoms with Crippen LogP contribution in [0.15, 0.2) is 51.9 Å². The molecule has 3 aromatic rings. The Morgan fingerprint density at radius 1 is 1.33 bits per heavy atom. The van der Waals surface area contributed by atoms with E-state index in [2.05, 4.69) is 15.5 Å². The molecular weight excluding hydrogens is 391 g/mol. The predicted octanol–water partition coefficient (Wildman–Crippen LogP) is 3.20. The second-order valence-electron chi connectivity index (χ2n) is 7.65. The number of nitrogens with zero attached hydrogens (tertiary/aromatic N) is 3. The van der Waals surface area contributed by atoms with Gasteiger partial charge >= 0.3 is 0 Å². The maximum atomic E-state index is 13.3. The number of amides is 2. The molecule has 1 aromatic carbocycles. The third-order valence-electron chi connectivity index (χ3n) is 4.99. The van der Waals surface area contributed by atoms with Crippen molar-refractivity contribution in [2.75, 3.05) is 6.54 Å². The van der Waals surface area contributed by atoms with Crippen LogP contribution in [0, 0.1) is 11.7 Å². The van der Waals surface area contributed by atoms with Crippen molar-refractivity contribution in [1.82, 2.24) is 20.4 Å². The molecule has 30 heavy (non-hydrogen) atoms. The highest BCUT2D eigenvalue weighted by molar-refractivity contribution is 5.97. The Balaban J connectivity index is 1.61. The largest absolute Gasteiger partial charge is 0.446 e. The van der Waals surface area contributed by atoms with Crippen LogP contribution in [0.5, 0.6) is 0 Å². The Labute approximate surface area is 172 Å². The minimum absolute atomic E-state index is 0.00843. The van der Waals surface area contributed by atoms with Gasteiger partial charge in [0.2, 0.25) is 11.7 Å². The van der Waals surface area contributed by atoms with Gasteiger partial charge in [0.05, 0.1) is 6.20 Å². The summed E-state index contributed by atoms with van der Waals surface area (Å²) >= 11 is 0. The number of carbonyl (C=O) groups is 2. The zero-order valence-corrected chi connectivity index (χ0v) is 16.5. The quantitative estimate of drug-likeness (QED) is 0.691. The number of hydrogen-bond donors (Lipinski definition) is 1. The summed E-state index contributed by atoms with van der Waals surface area (Å²) in [5.41, 5.74) is 1.03. The highest BCUT2D eigenvalue weighted by atomic mass is 19.1. The van der Waals surface area contributed by atoms with Gasteiger partial charge in [-0.2, -0.15) is 0 Å². The summed E-state index contributed by atoms with van der Waals surface area (Å²) in [6.07, 6.45) is 3.29. The first-order chi connectivity index (χ1) is 14.4. The number of nitrogens with one attached hydrogen (secondary N) is 1. The zero-order valence-electron chi connectivity index (χ0n) is 16.5. The number of carbonyl (C=O) groups excluding carboxylic acids is 2. The fourth-order valence-electron chi connectivity index (χ4n) is 3.52. The van der Waals surface area contributed by atoms with Gasteiger partial charge in [0, 0.05) is 18.2 Å². The number of benzene rings is 1. The molecule has 0 unspecified atom stereocenters. The van der Waals surface area contributed by atoms with Gasteiger partial charge in [-0.25, -0.2) is 9.37 Å². The topological polar surface area (TPSA) is 101 Å². The second kappa shape index (κ2) is 8.10. The molecule has 1 N–H and O–H groups in total. The van der Waals surface area contributed by atoms with E-state index in [1.165, 1.54) is 35.7 Å². The van der Waals surface area contributed by atoms with E-state index in [1.54, 1.807) is 12.1 Å². The normalized spacial score (nSPS) is 19.2. The molecule has 1 fully saturated rings. The van der Waals surface area contributed by atoms with Gasteiger partial charge < -0.3 is 19.2 Å². The SMILES string of the molecule is CC(C)C[C@H]1C(=O)N[C@@H](c2cnco2)CN1C(=O)c1cc(-c2ccc(F)cc2)no1. The van der Waals surface area contributed by atoms with Crippen LogP contribution in [0.2, 0.25) is 0 Å². The van der Waals surface area contributed by atoms with Gasteiger partial charge in [-0.3, -0.25) is 9.59 Å². The van der Waals surface area contributed by atoms with E-state index in [0.29, 0.717) is 23.4 Å². The third-order valence-corrected chi connectivity index (χ3v) is 4.99. The number of rotatable bonds is 5. The van der Waals surface area contributed by atoms with Crippen LogP contribution in [0.25, 0.3) is 11.3 Å². The highest BCUT2D eigenvalue weighted by Gasteiger charge is 2.40. The standard InChI is InChI=1S/C21H21FN4O4/c1-12(2)7-17-20(27)24-16(19-9-23-11-29-19)10-26(17)21(28)18-8-15(25-30-18)13-3-5-14(22)6-4-13/h3-6,8-9,11-12,16-17H,7,10H2,1-2H3,(H,24,27)/t16-,17+/m1/s1. The number of aromatic nitrogens is 2. The van der Waals surface area contributed by atoms with Gasteiger partial charge in [0.15, 0.2) is 6.39 Å². The van der Waals surface area contributed by atoms with Gasteiger partial charge in [-0.15, -0.1) is 0 Å². The molecule has 1 aliphatic rings. The average molecular weight is 412 g/mol. The third kappa shape index (κ3) is 3.96. The van der Waals surface area contributed by atoms with Crippen molar-refractivity contribution >= 4 is 11.8 Å². The van der Waals surface area contributed by atoms with Gasteiger partial charge in [0.1, 0.15) is 29.4 Å². The minimum Gasteiger partial charge on any atom is -0.446 e. The number of oxazole rings is 1. The summed E-state index contributed by atoms with van der Waals surface area (Å²) in [5, 5.41) is 6.83. The van der Waals surface area contributed by atoms with E-state index < -0.39 is 18.0 Å². The molecular formula is C21H21FN4O4. The van der Waals surface area contributed by atoms with Crippen molar-refractivity contribution in [2.24, 2.45) is 5.92 Å². The maximum Gasteiger partial charge on any atom is 0.293 e. The lowest BCUT2D eigenvalue weighted by molar-refractivity contribution is -0.130. The lowest BCUT2D eigenvalue weighted by Gasteiger charge is -2.38. The van der Waals surface area contributed by atoms with Crippen LogP contribution in [0.1, 0.15) is 42.6 Å². The lowest BCUT2D eigenvalue weighted by Crippen LogP contribution is -2.58. The molecule has 156 valence electrons. The van der Waals surface area contributed by atoms with E-state index in [4.69, 9.17) is 8.94 Å². The molecule has 2 amide bonds. The van der Waals surface area contributed by atoms with E-state index >= 15 is 0 Å². The summed E-state index contributed by atoms with van der Waals surface area (Å²) in [5.74, 6) is -0.401. The van der Waals surface area contributed by atoms with Crippen LogP contribution in [-0.2, 0) is 4.79 Å². The first-order valence-electron chi connectivity index (χ1n) is 9.64. The monoisotopic (exact) mass is 412 g/mol. The first kappa shape index (κ1) is 19.8. The smallest absolute Gasteiger partial charge is 0.293 e. The van der Waals surface area contributed by atoms with Crippen LogP contribution in [-0.4, -0.2) is 39.4 Å². The predicted molar refractivity (Wildman–Crippen MR) is 104 cm³/mol. The average Bonchev–Trinajstić information content (AvgIpc) is 3.41. The zero-order chi connectivity index (χ0) is 21.3. The van der Waals surface area contributed by atoms with Crippen molar-refractivity contribution < 1.29 is 22.9 Å². The van der Waals surface area contributed by atoms with Gasteiger partial charge in [-0.05, 0) is 36.6 Å². The van der Waals surface area contributed by atoms with Crippen LogP contribution < -0.4 is 5.32 Å². The summed E-state index contributed by atoms with van der Waals surface area (Å²) in [4.78, 5) is 31.4. The van der Waals surface area contributed by atoms with Crippen molar-refractivity contribution in [3.05, 3.63) is 60.3 Å². The van der Waals surface area contributed by atoms with Crippen LogP contribution >= 0.6 is 0 Å². The summed E-state index contributed by atoms with van der Waals surface area (Å²) < 4.78 is 23.8. The van der Waals surface area contributed by atoms with Crippen LogP contribution in [0.4, 0.5) is 4.39 Å². The number of piperazine rings is 1. The number of hydrogen-bond acceptors (Lipinski definition) is 6. The van der Waals surface area contributed by atoms with E-state index in [1.807, 2.05) is 13.8 Å². The molecule has 4 rings (SSSR count). The van der Waals surface area contributed by atoms with Crippen molar-refractivity contribution in [2.45, 2.75) is 32.4 Å². The molecule has 2 aromatic heterocycles.